The monoisotopic (exact) mass is 441 g/mol. The number of thiazole rings is 1. The fraction of sp³-hybridized carbons (Fsp3) is 0.125. The summed E-state index contributed by atoms with van der Waals surface area (Å²) in [5, 5.41) is 3.00. The van der Waals surface area contributed by atoms with Gasteiger partial charge < -0.3 is 10.1 Å². The Morgan fingerprint density at radius 1 is 1.26 bits per heavy atom. The predicted molar refractivity (Wildman–Crippen MR) is 107 cm³/mol. The Labute approximate surface area is 168 Å². The molecule has 0 radical (unpaired) electrons. The van der Waals surface area contributed by atoms with E-state index in [-0.39, 0.29) is 21.9 Å². The summed E-state index contributed by atoms with van der Waals surface area (Å²) in [5.41, 5.74) is 1.94. The number of halogens is 1. The van der Waals surface area contributed by atoms with Crippen LogP contribution < -0.4 is 14.8 Å². The Hall–Kier alpha value is -2.14. The molecule has 11 heteroatoms. The van der Waals surface area contributed by atoms with Crippen molar-refractivity contribution in [2.45, 2.75) is 11.1 Å². The number of anilines is 2. The highest BCUT2D eigenvalue weighted by molar-refractivity contribution is 7.94. The number of hydrogen-bond acceptors (Lipinski definition) is 7. The zero-order chi connectivity index (χ0) is 19.2. The average molecular weight is 442 g/mol. The van der Waals surface area contributed by atoms with Crippen LogP contribution in [-0.2, 0) is 14.8 Å². The van der Waals surface area contributed by atoms with E-state index in [1.54, 1.807) is 12.1 Å². The molecule has 0 atom stereocenters. The van der Waals surface area contributed by atoms with E-state index in [4.69, 9.17) is 16.3 Å². The minimum absolute atomic E-state index is 0.0132. The molecule has 3 heterocycles. The number of amides is 1. The van der Waals surface area contributed by atoms with Crippen LogP contribution in [-0.4, -0.2) is 25.9 Å². The van der Waals surface area contributed by atoms with Gasteiger partial charge in [-0.15, -0.1) is 22.7 Å². The minimum Gasteiger partial charge on any atom is -0.482 e. The molecule has 1 amide bonds. The van der Waals surface area contributed by atoms with Crippen molar-refractivity contribution in [1.29, 1.82) is 0 Å². The van der Waals surface area contributed by atoms with Gasteiger partial charge in [-0.05, 0) is 37.3 Å². The lowest BCUT2D eigenvalue weighted by Gasteiger charge is -2.18. The first kappa shape index (κ1) is 18.2. The molecule has 7 nitrogen and oxygen atoms in total. The quantitative estimate of drug-likeness (QED) is 0.638. The number of rotatable bonds is 4. The van der Waals surface area contributed by atoms with Gasteiger partial charge >= 0.3 is 0 Å². The van der Waals surface area contributed by atoms with Gasteiger partial charge in [-0.25, -0.2) is 13.4 Å². The first-order chi connectivity index (χ1) is 12.8. The molecule has 1 aromatic carbocycles. The Morgan fingerprint density at radius 2 is 2.07 bits per heavy atom. The number of aromatic nitrogens is 1. The van der Waals surface area contributed by atoms with Gasteiger partial charge in [0.15, 0.2) is 11.7 Å². The molecule has 1 aliphatic rings. The number of nitrogens with one attached hydrogen (secondary N) is 2. The lowest BCUT2D eigenvalue weighted by atomic mass is 10.1. The van der Waals surface area contributed by atoms with Gasteiger partial charge in [-0.2, -0.15) is 0 Å². The summed E-state index contributed by atoms with van der Waals surface area (Å²) >= 11 is 8.02. The number of sulfonamides is 1. The lowest BCUT2D eigenvalue weighted by molar-refractivity contribution is -0.118. The number of benzene rings is 1. The summed E-state index contributed by atoms with van der Waals surface area (Å²) in [5.74, 6) is 0.361. The molecular formula is C16H12ClN3O4S3. The second-order valence-corrected chi connectivity index (χ2v) is 10.5. The third-order valence-corrected chi connectivity index (χ3v) is 7.79. The number of nitrogens with zero attached hydrogens (tertiary/aromatic N) is 1. The Morgan fingerprint density at radius 3 is 2.81 bits per heavy atom. The van der Waals surface area contributed by atoms with Crippen molar-refractivity contribution in [3.05, 3.63) is 39.5 Å². The van der Waals surface area contributed by atoms with Crippen LogP contribution >= 0.6 is 34.3 Å². The van der Waals surface area contributed by atoms with Crippen molar-refractivity contribution in [3.8, 4) is 17.0 Å². The molecule has 2 N–H and O–H groups in total. The van der Waals surface area contributed by atoms with Crippen molar-refractivity contribution in [2.24, 2.45) is 0 Å². The molecule has 3 aromatic rings. The van der Waals surface area contributed by atoms with Crippen molar-refractivity contribution in [3.63, 3.8) is 0 Å². The zero-order valence-electron chi connectivity index (χ0n) is 13.8. The fourth-order valence-corrected chi connectivity index (χ4v) is 6.10. The third kappa shape index (κ3) is 3.65. The van der Waals surface area contributed by atoms with Crippen LogP contribution in [0.5, 0.6) is 5.75 Å². The summed E-state index contributed by atoms with van der Waals surface area (Å²) < 4.78 is 33.2. The molecule has 1 aliphatic heterocycles. The average Bonchev–Trinajstić information content (AvgIpc) is 3.20. The maximum absolute atomic E-state index is 12.4. The summed E-state index contributed by atoms with van der Waals surface area (Å²) in [6.07, 6.45) is 0. The second-order valence-electron chi connectivity index (χ2n) is 5.64. The van der Waals surface area contributed by atoms with Gasteiger partial charge in [0.05, 0.1) is 15.7 Å². The van der Waals surface area contributed by atoms with Crippen molar-refractivity contribution < 1.29 is 17.9 Å². The predicted octanol–water partition coefficient (Wildman–Crippen LogP) is 3.97. The van der Waals surface area contributed by atoms with E-state index >= 15 is 0 Å². The van der Waals surface area contributed by atoms with E-state index < -0.39 is 10.0 Å². The summed E-state index contributed by atoms with van der Waals surface area (Å²) in [6.45, 7) is 1.84. The molecule has 0 bridgehead atoms. The Balaban J connectivity index is 1.64. The highest BCUT2D eigenvalue weighted by Crippen LogP contribution is 2.37. The molecule has 27 heavy (non-hydrogen) atoms. The summed E-state index contributed by atoms with van der Waals surface area (Å²) in [7, 11) is -3.74. The Bertz CT molecular complexity index is 1150. The first-order valence-corrected chi connectivity index (χ1v) is 11.1. The topological polar surface area (TPSA) is 97.4 Å². The molecule has 4 rings (SSSR count). The van der Waals surface area contributed by atoms with Gasteiger partial charge in [-0.3, -0.25) is 9.52 Å². The summed E-state index contributed by atoms with van der Waals surface area (Å²) in [4.78, 5) is 16.7. The Kier molecular flexibility index (Phi) is 4.58. The smallest absolute Gasteiger partial charge is 0.273 e. The highest BCUT2D eigenvalue weighted by Gasteiger charge is 2.21. The van der Waals surface area contributed by atoms with E-state index in [2.05, 4.69) is 15.0 Å². The van der Waals surface area contributed by atoms with Gasteiger partial charge in [0.25, 0.3) is 15.9 Å². The number of carbonyl (C=O) groups excluding carboxylic acids is 1. The standard InChI is InChI=1S/C16H12ClN3O4S3/c1-8-15(9-2-3-11-10(6-9)18-13(21)7-24-11)19-16(25-8)20-27(22,23)14-5-4-12(17)26-14/h2-6H,7H2,1H3,(H,18,21)(H,19,20). The molecular weight excluding hydrogens is 430 g/mol. The molecule has 0 saturated heterocycles. The van der Waals surface area contributed by atoms with Crippen molar-refractivity contribution >= 4 is 61.0 Å². The van der Waals surface area contributed by atoms with Crippen LogP contribution in [0.2, 0.25) is 4.34 Å². The van der Waals surface area contributed by atoms with Gasteiger partial charge in [-0.1, -0.05) is 11.6 Å². The second kappa shape index (κ2) is 6.79. The number of aryl methyl sites for hydroxylation is 1. The molecule has 2 aromatic heterocycles. The maximum atomic E-state index is 12.4. The fourth-order valence-electron chi connectivity index (χ4n) is 2.55. The molecule has 140 valence electrons. The minimum atomic E-state index is -3.74. The summed E-state index contributed by atoms with van der Waals surface area (Å²) in [6, 6.07) is 8.30. The van der Waals surface area contributed by atoms with E-state index in [9.17, 15) is 13.2 Å². The van der Waals surface area contributed by atoms with Crippen LogP contribution in [0.25, 0.3) is 11.3 Å². The van der Waals surface area contributed by atoms with E-state index in [0.29, 0.717) is 21.5 Å². The molecule has 0 spiro atoms. The van der Waals surface area contributed by atoms with E-state index in [1.807, 2.05) is 13.0 Å². The van der Waals surface area contributed by atoms with Crippen LogP contribution in [0.1, 0.15) is 4.88 Å². The van der Waals surface area contributed by atoms with Crippen molar-refractivity contribution in [1.82, 2.24) is 4.98 Å². The maximum Gasteiger partial charge on any atom is 0.273 e. The zero-order valence-corrected chi connectivity index (χ0v) is 17.0. The number of hydrogen-bond donors (Lipinski definition) is 2. The first-order valence-electron chi connectivity index (χ1n) is 7.64. The molecule has 0 saturated carbocycles. The van der Waals surface area contributed by atoms with Crippen LogP contribution in [0.3, 0.4) is 0 Å². The molecule has 0 unspecified atom stereocenters. The largest absolute Gasteiger partial charge is 0.482 e. The van der Waals surface area contributed by atoms with Crippen LogP contribution in [0, 0.1) is 6.92 Å². The lowest BCUT2D eigenvalue weighted by Crippen LogP contribution is -2.25. The number of thiophene rings is 1. The highest BCUT2D eigenvalue weighted by atomic mass is 35.5. The normalized spacial score (nSPS) is 13.6. The van der Waals surface area contributed by atoms with Crippen molar-refractivity contribution in [2.75, 3.05) is 16.6 Å². The number of fused-ring (bicyclic) bond motifs is 1. The third-order valence-electron chi connectivity index (χ3n) is 3.72. The number of ether oxygens (including phenoxy) is 1. The van der Waals surface area contributed by atoms with E-state index in [1.165, 1.54) is 23.5 Å². The van der Waals surface area contributed by atoms with E-state index in [0.717, 1.165) is 21.8 Å². The van der Waals surface area contributed by atoms with Crippen LogP contribution in [0.4, 0.5) is 10.8 Å². The number of carbonyl (C=O) groups is 1. The van der Waals surface area contributed by atoms with Gasteiger partial charge in [0.1, 0.15) is 9.96 Å². The van der Waals surface area contributed by atoms with Gasteiger partial charge in [0.2, 0.25) is 0 Å². The van der Waals surface area contributed by atoms with Gasteiger partial charge in [0, 0.05) is 10.4 Å². The SMILES string of the molecule is Cc1sc(NS(=O)(=O)c2ccc(Cl)s2)nc1-c1ccc2c(c1)NC(=O)CO2. The van der Waals surface area contributed by atoms with Crippen LogP contribution in [0.15, 0.2) is 34.5 Å². The molecule has 0 fully saturated rings. The molecule has 0 aliphatic carbocycles.